The molecular weight excluding hydrogens is 376 g/mol. The van der Waals surface area contributed by atoms with Gasteiger partial charge in [-0.2, -0.15) is 0 Å². The maximum Gasteiger partial charge on any atom is 0.378 e. The quantitative estimate of drug-likeness (QED) is 0.214. The van der Waals surface area contributed by atoms with Crippen LogP contribution in [0.2, 0.25) is 0 Å². The SMILES string of the molecule is CCCCCCCCCCCCCCCC(=O)OC[C@H](O)[C@@H]1OC(=O)C(=O)C1O. The zero-order valence-corrected chi connectivity index (χ0v) is 17.8. The van der Waals surface area contributed by atoms with Crippen LogP contribution in [0.3, 0.4) is 0 Å². The fraction of sp³-hybridized carbons (Fsp3) is 0.864. The standard InChI is InChI=1S/C22H38O7/c1-2-3-4-5-6-7-8-9-10-11-12-13-14-15-18(24)28-16-17(23)21-19(25)20(26)22(27)29-21/h17,19,21,23,25H,2-16H2,1H3/t17-,19?,21-/m0/s1. The first-order valence-electron chi connectivity index (χ1n) is 11.2. The highest BCUT2D eigenvalue weighted by Gasteiger charge is 2.46. The fourth-order valence-electron chi connectivity index (χ4n) is 3.44. The van der Waals surface area contributed by atoms with Crippen molar-refractivity contribution in [3.63, 3.8) is 0 Å². The molecule has 2 N–H and O–H groups in total. The normalized spacial score (nSPS) is 20.0. The van der Waals surface area contributed by atoms with Crippen molar-refractivity contribution in [3.05, 3.63) is 0 Å². The molecule has 1 unspecified atom stereocenters. The van der Waals surface area contributed by atoms with E-state index in [1.54, 1.807) is 0 Å². The van der Waals surface area contributed by atoms with Crippen molar-refractivity contribution in [2.24, 2.45) is 0 Å². The molecule has 0 aromatic carbocycles. The smallest absolute Gasteiger partial charge is 0.378 e. The zero-order chi connectivity index (χ0) is 21.5. The Hall–Kier alpha value is -1.47. The Morgan fingerprint density at radius 2 is 1.41 bits per heavy atom. The summed E-state index contributed by atoms with van der Waals surface area (Å²) in [5.74, 6) is -2.72. The maximum absolute atomic E-state index is 11.7. The van der Waals surface area contributed by atoms with Crippen molar-refractivity contribution in [1.29, 1.82) is 0 Å². The lowest BCUT2D eigenvalue weighted by atomic mass is 10.0. The molecule has 1 aliphatic heterocycles. The Balaban J connectivity index is 1.92. The largest absolute Gasteiger partial charge is 0.463 e. The van der Waals surface area contributed by atoms with Crippen molar-refractivity contribution in [2.75, 3.05) is 6.61 Å². The summed E-state index contributed by atoms with van der Waals surface area (Å²) in [6.07, 6.45) is 11.6. The minimum absolute atomic E-state index is 0.260. The Kier molecular flexibility index (Phi) is 13.6. The van der Waals surface area contributed by atoms with Crippen LogP contribution in [0.1, 0.15) is 96.8 Å². The zero-order valence-electron chi connectivity index (χ0n) is 17.8. The Morgan fingerprint density at radius 3 is 1.86 bits per heavy atom. The second-order valence-electron chi connectivity index (χ2n) is 7.92. The molecule has 0 bridgehead atoms. The molecule has 0 amide bonds. The predicted molar refractivity (Wildman–Crippen MR) is 108 cm³/mol. The predicted octanol–water partition coefficient (Wildman–Crippen LogP) is 3.23. The van der Waals surface area contributed by atoms with Crippen LogP contribution in [0.4, 0.5) is 0 Å². The van der Waals surface area contributed by atoms with Gasteiger partial charge < -0.3 is 19.7 Å². The number of esters is 2. The van der Waals surface area contributed by atoms with E-state index in [1.165, 1.54) is 64.2 Å². The first-order chi connectivity index (χ1) is 14.0. The molecule has 0 spiro atoms. The molecule has 168 valence electrons. The van der Waals surface area contributed by atoms with Crippen LogP contribution in [0.15, 0.2) is 0 Å². The number of hydrogen-bond donors (Lipinski definition) is 2. The molecule has 29 heavy (non-hydrogen) atoms. The van der Waals surface area contributed by atoms with E-state index < -0.39 is 42.6 Å². The van der Waals surface area contributed by atoms with Gasteiger partial charge in [0.1, 0.15) is 12.7 Å². The van der Waals surface area contributed by atoms with Crippen molar-refractivity contribution >= 4 is 17.7 Å². The first-order valence-corrected chi connectivity index (χ1v) is 11.2. The minimum Gasteiger partial charge on any atom is -0.463 e. The molecule has 7 nitrogen and oxygen atoms in total. The molecule has 0 radical (unpaired) electrons. The summed E-state index contributed by atoms with van der Waals surface area (Å²) < 4.78 is 9.52. The van der Waals surface area contributed by atoms with Gasteiger partial charge in [0, 0.05) is 6.42 Å². The molecule has 0 aromatic heterocycles. The van der Waals surface area contributed by atoms with Crippen LogP contribution in [-0.2, 0) is 23.9 Å². The van der Waals surface area contributed by atoms with E-state index >= 15 is 0 Å². The number of unbranched alkanes of at least 4 members (excludes halogenated alkanes) is 12. The number of carbonyl (C=O) groups excluding carboxylic acids is 3. The van der Waals surface area contributed by atoms with E-state index in [4.69, 9.17) is 4.74 Å². The molecule has 0 aliphatic carbocycles. The van der Waals surface area contributed by atoms with Gasteiger partial charge >= 0.3 is 11.9 Å². The summed E-state index contributed by atoms with van der Waals surface area (Å²) in [7, 11) is 0. The number of ether oxygens (including phenoxy) is 2. The molecule has 1 heterocycles. The van der Waals surface area contributed by atoms with Gasteiger partial charge in [-0.15, -0.1) is 0 Å². The van der Waals surface area contributed by atoms with Gasteiger partial charge in [-0.05, 0) is 6.42 Å². The second kappa shape index (κ2) is 15.4. The number of rotatable bonds is 17. The van der Waals surface area contributed by atoms with Crippen LogP contribution in [0.25, 0.3) is 0 Å². The molecule has 3 atom stereocenters. The highest BCUT2D eigenvalue weighted by Crippen LogP contribution is 2.16. The molecule has 0 saturated carbocycles. The van der Waals surface area contributed by atoms with Gasteiger partial charge in [0.15, 0.2) is 12.2 Å². The van der Waals surface area contributed by atoms with Crippen LogP contribution in [0.5, 0.6) is 0 Å². The minimum atomic E-state index is -1.71. The Morgan fingerprint density at radius 1 is 0.931 bits per heavy atom. The third kappa shape index (κ3) is 10.8. The Labute approximate surface area is 174 Å². The fourth-order valence-corrected chi connectivity index (χ4v) is 3.44. The summed E-state index contributed by atoms with van der Waals surface area (Å²) in [5.41, 5.74) is 0. The van der Waals surface area contributed by atoms with E-state index in [-0.39, 0.29) is 6.42 Å². The number of Topliss-reactive ketones (excluding diaryl/α,β-unsaturated/α-hetero) is 1. The molecular formula is C22H38O7. The maximum atomic E-state index is 11.7. The third-order valence-corrected chi connectivity index (χ3v) is 5.30. The van der Waals surface area contributed by atoms with Gasteiger partial charge in [0.25, 0.3) is 5.78 Å². The molecule has 1 saturated heterocycles. The van der Waals surface area contributed by atoms with E-state index in [0.29, 0.717) is 0 Å². The van der Waals surface area contributed by atoms with E-state index in [2.05, 4.69) is 11.7 Å². The van der Waals surface area contributed by atoms with Crippen molar-refractivity contribution in [1.82, 2.24) is 0 Å². The molecule has 0 aromatic rings. The number of aliphatic hydroxyl groups excluding tert-OH is 2. The lowest BCUT2D eigenvalue weighted by Crippen LogP contribution is -2.40. The summed E-state index contributed by atoms with van der Waals surface area (Å²) in [6, 6.07) is 0. The lowest BCUT2D eigenvalue weighted by molar-refractivity contribution is -0.156. The topological polar surface area (TPSA) is 110 Å². The summed E-state index contributed by atoms with van der Waals surface area (Å²) in [4.78, 5) is 33.9. The highest BCUT2D eigenvalue weighted by molar-refractivity contribution is 6.37. The average molecular weight is 415 g/mol. The van der Waals surface area contributed by atoms with Crippen molar-refractivity contribution in [3.8, 4) is 0 Å². The van der Waals surface area contributed by atoms with Crippen molar-refractivity contribution < 1.29 is 34.1 Å². The third-order valence-electron chi connectivity index (χ3n) is 5.30. The first kappa shape index (κ1) is 25.6. The number of aliphatic hydroxyl groups is 2. The van der Waals surface area contributed by atoms with Crippen LogP contribution >= 0.6 is 0 Å². The molecule has 1 aliphatic rings. The molecule has 1 rings (SSSR count). The lowest BCUT2D eigenvalue weighted by Gasteiger charge is -2.18. The monoisotopic (exact) mass is 414 g/mol. The van der Waals surface area contributed by atoms with Gasteiger partial charge in [-0.25, -0.2) is 4.79 Å². The van der Waals surface area contributed by atoms with Gasteiger partial charge in [-0.3, -0.25) is 9.59 Å². The highest BCUT2D eigenvalue weighted by atomic mass is 16.6. The number of cyclic esters (lactones) is 1. The van der Waals surface area contributed by atoms with Gasteiger partial charge in [0.05, 0.1) is 0 Å². The van der Waals surface area contributed by atoms with Crippen molar-refractivity contribution in [2.45, 2.75) is 115 Å². The van der Waals surface area contributed by atoms with Gasteiger partial charge in [0.2, 0.25) is 0 Å². The van der Waals surface area contributed by atoms with E-state index in [0.717, 1.165) is 19.3 Å². The van der Waals surface area contributed by atoms with Crippen LogP contribution in [-0.4, -0.2) is 52.9 Å². The molecule has 7 heteroatoms. The second-order valence-corrected chi connectivity index (χ2v) is 7.92. The Bertz CT molecular complexity index is 492. The summed E-state index contributed by atoms with van der Waals surface area (Å²) >= 11 is 0. The van der Waals surface area contributed by atoms with Crippen LogP contribution in [0, 0.1) is 0 Å². The average Bonchev–Trinajstić information content (AvgIpc) is 2.97. The summed E-state index contributed by atoms with van der Waals surface area (Å²) in [5, 5.41) is 19.3. The summed E-state index contributed by atoms with van der Waals surface area (Å²) in [6.45, 7) is 1.82. The number of hydrogen-bond acceptors (Lipinski definition) is 7. The molecule has 1 fully saturated rings. The van der Waals surface area contributed by atoms with E-state index in [1.807, 2.05) is 0 Å². The van der Waals surface area contributed by atoms with E-state index in [9.17, 15) is 24.6 Å². The number of ketones is 1. The number of carbonyl (C=O) groups is 3. The van der Waals surface area contributed by atoms with Crippen LogP contribution < -0.4 is 0 Å². The van der Waals surface area contributed by atoms with Gasteiger partial charge in [-0.1, -0.05) is 84.0 Å².